The first-order chi connectivity index (χ1) is 18.6. The number of hydrogen-bond donors (Lipinski definition) is 1. The highest BCUT2D eigenvalue weighted by Gasteiger charge is 2.42. The molecule has 1 unspecified atom stereocenters. The summed E-state index contributed by atoms with van der Waals surface area (Å²) >= 11 is 0. The molecule has 2 aromatic rings. The van der Waals surface area contributed by atoms with E-state index in [1.165, 1.54) is 17.5 Å². The molecule has 1 saturated heterocycles. The van der Waals surface area contributed by atoms with Crippen molar-refractivity contribution in [1.82, 2.24) is 15.1 Å². The van der Waals surface area contributed by atoms with Crippen LogP contribution in [0.25, 0.3) is 0 Å². The van der Waals surface area contributed by atoms with E-state index in [0.717, 1.165) is 75.9 Å². The number of nitrogens with zero attached hydrogens (tertiary/aromatic N) is 2. The number of para-hydroxylation sites is 1. The molecule has 1 N–H and O–H groups in total. The van der Waals surface area contributed by atoms with Gasteiger partial charge in [-0.25, -0.2) is 0 Å². The van der Waals surface area contributed by atoms with Crippen LogP contribution >= 0.6 is 0 Å². The quantitative estimate of drug-likeness (QED) is 0.362. The van der Waals surface area contributed by atoms with E-state index in [1.54, 1.807) is 11.9 Å². The van der Waals surface area contributed by atoms with Gasteiger partial charge in [0.05, 0.1) is 6.61 Å². The number of likely N-dealkylation sites (tertiary alicyclic amines) is 1. The predicted molar refractivity (Wildman–Crippen MR) is 146 cm³/mol. The number of aryl methyl sites for hydroxylation is 1. The number of piperidine rings is 1. The Bertz CT molecular complexity index is 1170. The third-order valence-corrected chi connectivity index (χ3v) is 8.77. The Kier molecular flexibility index (Phi) is 8.12. The van der Waals surface area contributed by atoms with Crippen molar-refractivity contribution in [3.8, 4) is 5.75 Å². The average Bonchev–Trinajstić information content (AvgIpc) is 3.48. The molecule has 3 aliphatic heterocycles. The van der Waals surface area contributed by atoms with Crippen molar-refractivity contribution < 1.29 is 19.1 Å². The number of carbonyl (C=O) groups is 3. The lowest BCUT2D eigenvalue weighted by atomic mass is 9.74. The van der Waals surface area contributed by atoms with Crippen molar-refractivity contribution in [2.75, 3.05) is 33.3 Å². The van der Waals surface area contributed by atoms with Gasteiger partial charge < -0.3 is 24.6 Å². The van der Waals surface area contributed by atoms with Gasteiger partial charge in [0.15, 0.2) is 0 Å². The van der Waals surface area contributed by atoms with Gasteiger partial charge in [0, 0.05) is 36.6 Å². The minimum Gasteiger partial charge on any atom is -0.492 e. The highest BCUT2D eigenvalue weighted by Crippen LogP contribution is 2.45. The van der Waals surface area contributed by atoms with Gasteiger partial charge in [0.2, 0.25) is 5.91 Å². The van der Waals surface area contributed by atoms with Crippen molar-refractivity contribution in [2.24, 2.45) is 0 Å². The fourth-order valence-electron chi connectivity index (χ4n) is 6.50. The molecule has 0 aliphatic carbocycles. The topological polar surface area (TPSA) is 79.0 Å². The van der Waals surface area contributed by atoms with Crippen LogP contribution in [0.1, 0.15) is 72.0 Å². The molecular formula is C31H39N3O4. The molecule has 2 aromatic carbocycles. The maximum absolute atomic E-state index is 13.1. The Morgan fingerprint density at radius 2 is 1.92 bits per heavy atom. The summed E-state index contributed by atoms with van der Waals surface area (Å²) in [4.78, 5) is 40.7. The molecule has 3 aliphatic rings. The van der Waals surface area contributed by atoms with Crippen molar-refractivity contribution in [3.05, 3.63) is 64.7 Å². The molecule has 202 valence electrons. The van der Waals surface area contributed by atoms with Crippen LogP contribution in [0.15, 0.2) is 42.5 Å². The molecule has 3 heterocycles. The van der Waals surface area contributed by atoms with Crippen molar-refractivity contribution in [3.63, 3.8) is 0 Å². The average molecular weight is 518 g/mol. The summed E-state index contributed by atoms with van der Waals surface area (Å²) in [6.45, 7) is 4.63. The zero-order valence-electron chi connectivity index (χ0n) is 22.4. The van der Waals surface area contributed by atoms with Crippen molar-refractivity contribution in [2.45, 2.75) is 69.4 Å². The van der Waals surface area contributed by atoms with Gasteiger partial charge in [-0.15, -0.1) is 0 Å². The summed E-state index contributed by atoms with van der Waals surface area (Å²) in [5.41, 5.74) is 4.54. The number of carbonyl (C=O) groups excluding carboxylic acids is 3. The molecule has 1 fully saturated rings. The van der Waals surface area contributed by atoms with Crippen LogP contribution in [-0.4, -0.2) is 67.2 Å². The first kappa shape index (κ1) is 26.4. The zero-order valence-corrected chi connectivity index (χ0v) is 22.4. The number of benzene rings is 2. The minimum atomic E-state index is -0.620. The number of hydrogen-bond acceptors (Lipinski definition) is 5. The Labute approximate surface area is 225 Å². The van der Waals surface area contributed by atoms with Gasteiger partial charge in [-0.2, -0.15) is 0 Å². The van der Waals surface area contributed by atoms with Gasteiger partial charge in [0.1, 0.15) is 18.1 Å². The van der Waals surface area contributed by atoms with E-state index in [2.05, 4.69) is 40.5 Å². The highest BCUT2D eigenvalue weighted by atomic mass is 16.5. The Morgan fingerprint density at radius 3 is 2.71 bits per heavy atom. The van der Waals surface area contributed by atoms with E-state index in [4.69, 9.17) is 4.74 Å². The van der Waals surface area contributed by atoms with Crippen LogP contribution in [0, 0.1) is 0 Å². The van der Waals surface area contributed by atoms with Crippen LogP contribution in [0.4, 0.5) is 0 Å². The van der Waals surface area contributed by atoms with E-state index in [0.29, 0.717) is 18.5 Å². The van der Waals surface area contributed by atoms with Crippen LogP contribution in [0.3, 0.4) is 0 Å². The maximum atomic E-state index is 13.1. The molecule has 0 aromatic heterocycles. The largest absolute Gasteiger partial charge is 0.492 e. The molecular weight excluding hydrogens is 478 g/mol. The summed E-state index contributed by atoms with van der Waals surface area (Å²) in [5, 5.41) is 2.65. The first-order valence-corrected chi connectivity index (χ1v) is 14.1. The molecule has 0 bridgehead atoms. The molecule has 0 saturated carbocycles. The second-order valence-electron chi connectivity index (χ2n) is 11.0. The lowest BCUT2D eigenvalue weighted by Gasteiger charge is -2.38. The number of unbranched alkanes of at least 4 members (excludes halogenated alkanes) is 2. The maximum Gasteiger partial charge on any atom is 0.255 e. The Balaban J connectivity index is 1.09. The number of amides is 2. The number of aldehydes is 1. The third kappa shape index (κ3) is 5.21. The van der Waals surface area contributed by atoms with Crippen molar-refractivity contribution >= 4 is 18.1 Å². The molecule has 5 rings (SSSR count). The van der Waals surface area contributed by atoms with Gasteiger partial charge in [-0.3, -0.25) is 9.59 Å². The smallest absolute Gasteiger partial charge is 0.255 e. The first-order valence-electron chi connectivity index (χ1n) is 14.1. The molecule has 0 radical (unpaired) electrons. The van der Waals surface area contributed by atoms with E-state index >= 15 is 0 Å². The Hall–Kier alpha value is -3.19. The van der Waals surface area contributed by atoms with E-state index in [1.807, 2.05) is 12.1 Å². The summed E-state index contributed by atoms with van der Waals surface area (Å²) < 4.78 is 6.00. The number of likely N-dealkylation sites (N-methyl/N-ethyl adjacent to an activating group) is 1. The monoisotopic (exact) mass is 517 g/mol. The Morgan fingerprint density at radius 1 is 1.11 bits per heavy atom. The van der Waals surface area contributed by atoms with Crippen LogP contribution in [0.5, 0.6) is 5.75 Å². The predicted octanol–water partition coefficient (Wildman–Crippen LogP) is 3.88. The zero-order chi connectivity index (χ0) is 26.5. The number of rotatable bonds is 11. The van der Waals surface area contributed by atoms with Gasteiger partial charge in [-0.1, -0.05) is 36.8 Å². The van der Waals surface area contributed by atoms with E-state index < -0.39 is 6.04 Å². The van der Waals surface area contributed by atoms with Crippen LogP contribution < -0.4 is 10.1 Å². The van der Waals surface area contributed by atoms with Gasteiger partial charge in [-0.05, 0) is 81.4 Å². The summed E-state index contributed by atoms with van der Waals surface area (Å²) in [6.07, 6.45) is 8.05. The van der Waals surface area contributed by atoms with E-state index in [9.17, 15) is 14.4 Å². The second kappa shape index (κ2) is 11.7. The number of ether oxygens (including phenoxy) is 1. The number of fused-ring (bicyclic) bond motifs is 3. The van der Waals surface area contributed by atoms with Gasteiger partial charge in [0.25, 0.3) is 5.91 Å². The SMILES string of the molecule is CNC(=O)C(CCC=O)N1Cc2c(CCCCCN3CCC4(CC3)COc3ccccc34)cccc2C1=O. The lowest BCUT2D eigenvalue weighted by Crippen LogP contribution is -2.46. The fourth-order valence-corrected chi connectivity index (χ4v) is 6.50. The molecule has 1 spiro atoms. The second-order valence-corrected chi connectivity index (χ2v) is 11.0. The molecule has 2 amide bonds. The minimum absolute atomic E-state index is 0.112. The molecule has 7 nitrogen and oxygen atoms in total. The normalized spacial score (nSPS) is 18.7. The van der Waals surface area contributed by atoms with E-state index in [-0.39, 0.29) is 23.7 Å². The van der Waals surface area contributed by atoms with Crippen LogP contribution in [-0.2, 0) is 28.0 Å². The summed E-state index contributed by atoms with van der Waals surface area (Å²) in [7, 11) is 1.57. The standard InChI is InChI=1S/C31H39N3O4/c1-32-29(36)27(13-8-20-35)34-21-25-23(10-7-11-24(25)30(34)37)9-3-2-6-17-33-18-15-31(16-19-33)22-38-28-14-5-4-12-26(28)31/h4-5,7,10-12,14,20,27H,2-3,6,8-9,13,15-19,21-22H2,1H3,(H,32,36). The lowest BCUT2D eigenvalue weighted by molar-refractivity contribution is -0.125. The molecule has 7 heteroatoms. The van der Waals surface area contributed by atoms with Crippen LogP contribution in [0.2, 0.25) is 0 Å². The van der Waals surface area contributed by atoms with Crippen molar-refractivity contribution in [1.29, 1.82) is 0 Å². The highest BCUT2D eigenvalue weighted by molar-refractivity contribution is 6.01. The molecule has 38 heavy (non-hydrogen) atoms. The third-order valence-electron chi connectivity index (χ3n) is 8.77. The summed E-state index contributed by atoms with van der Waals surface area (Å²) in [6, 6.07) is 13.8. The molecule has 1 atom stereocenters. The fraction of sp³-hybridized carbons (Fsp3) is 0.516. The number of nitrogens with one attached hydrogen (secondary N) is 1. The summed E-state index contributed by atoms with van der Waals surface area (Å²) in [5.74, 6) is 0.741. The van der Waals surface area contributed by atoms with Gasteiger partial charge >= 0.3 is 0 Å².